The summed E-state index contributed by atoms with van der Waals surface area (Å²) in [5, 5.41) is 2.92. The molecule has 0 aliphatic rings. The highest BCUT2D eigenvalue weighted by atomic mass is 32.2. The van der Waals surface area contributed by atoms with Crippen molar-refractivity contribution in [2.45, 2.75) is 44.2 Å². The fraction of sp³-hybridized carbons (Fsp3) is 0.300. The van der Waals surface area contributed by atoms with Gasteiger partial charge in [-0.3, -0.25) is 0 Å². The molecule has 0 atom stereocenters. The van der Waals surface area contributed by atoms with Crippen molar-refractivity contribution in [3.63, 3.8) is 0 Å². The summed E-state index contributed by atoms with van der Waals surface area (Å²) in [7, 11) is -7.35. The lowest BCUT2D eigenvalue weighted by atomic mass is 10.3. The van der Waals surface area contributed by atoms with Gasteiger partial charge in [0, 0.05) is 10.7 Å². The van der Waals surface area contributed by atoms with Crippen molar-refractivity contribution >= 4 is 47.6 Å². The molecule has 6 heteroatoms. The minimum Gasteiger partial charge on any atom is -0.242 e. The first-order valence-electron chi connectivity index (χ1n) is 8.90. The van der Waals surface area contributed by atoms with Crippen LogP contribution in [0.5, 0.6) is 0 Å². The zero-order valence-electron chi connectivity index (χ0n) is 16.4. The van der Waals surface area contributed by atoms with Crippen LogP contribution in [0.15, 0.2) is 59.5 Å². The van der Waals surface area contributed by atoms with Gasteiger partial charge in [0.15, 0.2) is 0 Å². The second-order valence-electron chi connectivity index (χ2n) is 8.85. The first-order valence-corrected chi connectivity index (χ1v) is 17.3. The summed E-state index contributed by atoms with van der Waals surface area (Å²) >= 11 is 0. The van der Waals surface area contributed by atoms with Gasteiger partial charge in [-0.1, -0.05) is 75.7 Å². The molecule has 3 aromatic rings. The molecule has 0 spiro atoms. The van der Waals surface area contributed by atoms with E-state index in [9.17, 15) is 8.42 Å². The van der Waals surface area contributed by atoms with E-state index in [4.69, 9.17) is 0 Å². The normalized spacial score (nSPS) is 13.3. The van der Waals surface area contributed by atoms with Gasteiger partial charge in [-0.15, -0.1) is 0 Å². The Morgan fingerprint density at radius 1 is 0.769 bits per heavy atom. The third kappa shape index (κ3) is 3.21. The van der Waals surface area contributed by atoms with Crippen molar-refractivity contribution in [3.8, 4) is 0 Å². The van der Waals surface area contributed by atoms with Crippen molar-refractivity contribution in [2.24, 2.45) is 0 Å². The lowest BCUT2D eigenvalue weighted by Crippen LogP contribution is -2.47. The molecule has 0 radical (unpaired) electrons. The topological polar surface area (TPSA) is 39.1 Å². The number of benzene rings is 2. The van der Waals surface area contributed by atoms with Gasteiger partial charge < -0.3 is 0 Å². The van der Waals surface area contributed by atoms with Crippen LogP contribution >= 0.6 is 0 Å². The molecule has 1 heterocycles. The SMILES string of the molecule is C[Si](C)(C)c1ccccc1S(=O)(=O)n1c([Si](C)(C)C)cc2ccccc21. The van der Waals surface area contributed by atoms with E-state index in [-0.39, 0.29) is 0 Å². The molecule has 0 aliphatic heterocycles. The number of hydrogen-bond donors (Lipinski definition) is 0. The Morgan fingerprint density at radius 2 is 1.35 bits per heavy atom. The number of aromatic nitrogens is 1. The van der Waals surface area contributed by atoms with E-state index in [1.165, 1.54) is 0 Å². The highest BCUT2D eigenvalue weighted by Gasteiger charge is 2.33. The van der Waals surface area contributed by atoms with Crippen molar-refractivity contribution in [2.75, 3.05) is 0 Å². The molecule has 1 aromatic heterocycles. The second-order valence-corrected chi connectivity index (χ2v) is 20.7. The minimum absolute atomic E-state index is 0.458. The van der Waals surface area contributed by atoms with Gasteiger partial charge >= 0.3 is 0 Å². The third-order valence-corrected chi connectivity index (χ3v) is 10.7. The van der Waals surface area contributed by atoms with Crippen LogP contribution in [0.2, 0.25) is 39.3 Å². The number of fused-ring (bicyclic) bond motifs is 1. The molecule has 0 bridgehead atoms. The molecule has 0 N–H and O–H groups in total. The molecule has 0 saturated carbocycles. The van der Waals surface area contributed by atoms with Crippen molar-refractivity contribution in [1.29, 1.82) is 0 Å². The maximum atomic E-state index is 13.9. The predicted octanol–water partition coefficient (Wildman–Crippen LogP) is 3.97. The third-order valence-electron chi connectivity index (χ3n) is 4.65. The number of hydrogen-bond acceptors (Lipinski definition) is 2. The van der Waals surface area contributed by atoms with Crippen LogP contribution in [0.1, 0.15) is 0 Å². The van der Waals surface area contributed by atoms with E-state index in [0.29, 0.717) is 4.90 Å². The standard InChI is InChI=1S/C20H27NO2SSi2/c1-25(2,3)19-14-10-9-13-18(19)24(22,23)21-17-12-8-7-11-16(17)15-20(21)26(4,5)6/h7-15H,1-6H3. The van der Waals surface area contributed by atoms with Crippen molar-refractivity contribution < 1.29 is 8.42 Å². The molecule has 0 amide bonds. The first-order chi connectivity index (χ1) is 11.9. The number of para-hydroxylation sites is 1. The van der Waals surface area contributed by atoms with Crippen LogP contribution in [0.25, 0.3) is 10.9 Å². The molecule has 138 valence electrons. The highest BCUT2D eigenvalue weighted by molar-refractivity contribution is 7.90. The summed E-state index contributed by atoms with van der Waals surface area (Å²) in [6.07, 6.45) is 0. The van der Waals surface area contributed by atoms with Gasteiger partial charge in [0.1, 0.15) is 8.07 Å². The molecule has 0 aliphatic carbocycles. The Labute approximate surface area is 158 Å². The molecular weight excluding hydrogens is 374 g/mol. The summed E-state index contributed by atoms with van der Waals surface area (Å²) in [6.45, 7) is 13.1. The smallest absolute Gasteiger partial charge is 0.242 e. The maximum Gasteiger partial charge on any atom is 0.267 e. The molecule has 0 unspecified atom stereocenters. The minimum atomic E-state index is -3.66. The Bertz CT molecular complexity index is 1070. The lowest BCUT2D eigenvalue weighted by molar-refractivity contribution is 0.590. The van der Waals surface area contributed by atoms with Gasteiger partial charge in [0.2, 0.25) is 0 Å². The summed E-state index contributed by atoms with van der Waals surface area (Å²) in [6, 6.07) is 17.4. The molecule has 2 aromatic carbocycles. The monoisotopic (exact) mass is 401 g/mol. The quantitative estimate of drug-likeness (QED) is 0.621. The Balaban J connectivity index is 2.41. The highest BCUT2D eigenvalue weighted by Crippen LogP contribution is 2.24. The largest absolute Gasteiger partial charge is 0.267 e. The van der Waals surface area contributed by atoms with Crippen LogP contribution in [0.4, 0.5) is 0 Å². The second kappa shape index (κ2) is 6.21. The molecule has 3 nitrogen and oxygen atoms in total. The van der Waals surface area contributed by atoms with Crippen molar-refractivity contribution in [1.82, 2.24) is 3.97 Å². The van der Waals surface area contributed by atoms with Crippen LogP contribution in [0.3, 0.4) is 0 Å². The Kier molecular flexibility index (Phi) is 4.57. The molecular formula is C20H27NO2SSi2. The summed E-state index contributed by atoms with van der Waals surface area (Å²) in [4.78, 5) is 0.458. The summed E-state index contributed by atoms with van der Waals surface area (Å²) < 4.78 is 29.3. The zero-order valence-corrected chi connectivity index (χ0v) is 19.2. The number of nitrogens with zero attached hydrogens (tertiary/aromatic N) is 1. The molecule has 3 rings (SSSR count). The van der Waals surface area contributed by atoms with Gasteiger partial charge in [-0.25, -0.2) is 12.4 Å². The molecule has 0 fully saturated rings. The van der Waals surface area contributed by atoms with Gasteiger partial charge in [-0.2, -0.15) is 0 Å². The van der Waals surface area contributed by atoms with E-state index in [0.717, 1.165) is 21.4 Å². The van der Waals surface area contributed by atoms with E-state index in [2.05, 4.69) is 45.3 Å². The predicted molar refractivity (Wildman–Crippen MR) is 117 cm³/mol. The Hall–Kier alpha value is -1.64. The first kappa shape index (κ1) is 19.1. The summed E-state index contributed by atoms with van der Waals surface area (Å²) in [5.74, 6) is 0. The van der Waals surface area contributed by atoms with E-state index < -0.39 is 26.2 Å². The van der Waals surface area contributed by atoms with E-state index in [1.54, 1.807) is 10.0 Å². The van der Waals surface area contributed by atoms with Crippen molar-refractivity contribution in [3.05, 3.63) is 54.6 Å². The molecule has 26 heavy (non-hydrogen) atoms. The average Bonchev–Trinajstić information content (AvgIpc) is 2.94. The van der Waals surface area contributed by atoms with Gasteiger partial charge in [0.25, 0.3) is 10.0 Å². The molecule has 0 saturated heterocycles. The van der Waals surface area contributed by atoms with Gasteiger partial charge in [0.05, 0.1) is 18.5 Å². The van der Waals surface area contributed by atoms with E-state index in [1.807, 2.05) is 42.5 Å². The fourth-order valence-electron chi connectivity index (χ4n) is 3.32. The summed E-state index contributed by atoms with van der Waals surface area (Å²) in [5.41, 5.74) is 0.773. The van der Waals surface area contributed by atoms with Gasteiger partial charge in [-0.05, 0) is 23.4 Å². The van der Waals surface area contributed by atoms with E-state index >= 15 is 0 Å². The Morgan fingerprint density at radius 3 is 1.96 bits per heavy atom. The zero-order chi connectivity index (χ0) is 19.3. The number of rotatable bonds is 4. The lowest BCUT2D eigenvalue weighted by Gasteiger charge is -2.24. The van der Waals surface area contributed by atoms with Crippen LogP contribution in [-0.2, 0) is 10.0 Å². The average molecular weight is 402 g/mol. The fourth-order valence-corrected chi connectivity index (χ4v) is 10.1. The maximum absolute atomic E-state index is 13.9. The van der Waals surface area contributed by atoms with Crippen LogP contribution < -0.4 is 10.5 Å². The van der Waals surface area contributed by atoms with Crippen LogP contribution in [0, 0.1) is 0 Å². The van der Waals surface area contributed by atoms with Crippen LogP contribution in [-0.4, -0.2) is 28.5 Å².